The molecule has 1 fully saturated rings. The van der Waals surface area contributed by atoms with Gasteiger partial charge in [-0.05, 0) is 25.0 Å². The number of anilines is 1. The summed E-state index contributed by atoms with van der Waals surface area (Å²) < 4.78 is 15.0. The first kappa shape index (κ1) is 15.0. The minimum Gasteiger partial charge on any atom is -0.396 e. The van der Waals surface area contributed by atoms with Crippen LogP contribution in [0.3, 0.4) is 0 Å². The largest absolute Gasteiger partial charge is 0.396 e. The Balaban J connectivity index is 0.000000347. The van der Waals surface area contributed by atoms with E-state index in [1.54, 1.807) is 10.6 Å². The SMILES string of the molecule is CC1CC1.CCn1cc(C#N)c(=O)c2c(N)c(F)ccc21. The van der Waals surface area contributed by atoms with Gasteiger partial charge in [-0.2, -0.15) is 5.26 Å². The van der Waals surface area contributed by atoms with E-state index in [2.05, 4.69) is 6.92 Å². The maximum atomic E-state index is 13.3. The number of hydrogen-bond acceptors (Lipinski definition) is 3. The molecule has 0 radical (unpaired) electrons. The van der Waals surface area contributed by atoms with Crippen LogP contribution in [-0.2, 0) is 6.54 Å². The lowest BCUT2D eigenvalue weighted by Gasteiger charge is -2.10. The Labute approximate surface area is 122 Å². The maximum Gasteiger partial charge on any atom is 0.209 e. The molecule has 1 heterocycles. The van der Waals surface area contributed by atoms with E-state index in [1.807, 2.05) is 6.92 Å². The van der Waals surface area contributed by atoms with Crippen LogP contribution >= 0.6 is 0 Å². The highest BCUT2D eigenvalue weighted by Crippen LogP contribution is 2.26. The first-order chi connectivity index (χ1) is 9.99. The van der Waals surface area contributed by atoms with Gasteiger partial charge in [-0.1, -0.05) is 19.8 Å². The lowest BCUT2D eigenvalue weighted by molar-refractivity contribution is 0.633. The molecule has 1 aromatic carbocycles. The maximum absolute atomic E-state index is 13.3. The van der Waals surface area contributed by atoms with Crippen molar-refractivity contribution in [2.24, 2.45) is 5.92 Å². The summed E-state index contributed by atoms with van der Waals surface area (Å²) >= 11 is 0. The zero-order valence-electron chi connectivity index (χ0n) is 12.2. The number of aromatic nitrogens is 1. The highest BCUT2D eigenvalue weighted by atomic mass is 19.1. The average molecular weight is 287 g/mol. The van der Waals surface area contributed by atoms with Crippen LogP contribution in [0.2, 0.25) is 0 Å². The van der Waals surface area contributed by atoms with Crippen molar-refractivity contribution in [3.05, 3.63) is 39.9 Å². The normalized spacial score (nSPS) is 13.4. The van der Waals surface area contributed by atoms with Gasteiger partial charge in [0.05, 0.1) is 16.6 Å². The zero-order chi connectivity index (χ0) is 15.6. The molecule has 0 spiro atoms. The summed E-state index contributed by atoms with van der Waals surface area (Å²) in [6.07, 6.45) is 4.43. The number of hydrogen-bond donors (Lipinski definition) is 1. The second-order valence-electron chi connectivity index (χ2n) is 5.31. The summed E-state index contributed by atoms with van der Waals surface area (Å²) in [6, 6.07) is 4.51. The third kappa shape index (κ3) is 3.05. The first-order valence-corrected chi connectivity index (χ1v) is 7.00. The zero-order valence-corrected chi connectivity index (χ0v) is 12.2. The van der Waals surface area contributed by atoms with Gasteiger partial charge in [0.25, 0.3) is 0 Å². The van der Waals surface area contributed by atoms with E-state index in [1.165, 1.54) is 31.2 Å². The van der Waals surface area contributed by atoms with Crippen LogP contribution in [0.5, 0.6) is 0 Å². The molecule has 21 heavy (non-hydrogen) atoms. The number of rotatable bonds is 1. The van der Waals surface area contributed by atoms with Crippen molar-refractivity contribution in [2.75, 3.05) is 5.73 Å². The Hall–Kier alpha value is -2.35. The van der Waals surface area contributed by atoms with Crippen LogP contribution < -0.4 is 11.2 Å². The highest BCUT2D eigenvalue weighted by Gasteiger charge is 2.13. The molecular weight excluding hydrogens is 269 g/mol. The molecule has 0 amide bonds. The number of nitrogen functional groups attached to an aromatic ring is 1. The van der Waals surface area contributed by atoms with Gasteiger partial charge in [0.1, 0.15) is 17.4 Å². The molecule has 0 aliphatic heterocycles. The van der Waals surface area contributed by atoms with Crippen molar-refractivity contribution in [1.29, 1.82) is 5.26 Å². The smallest absolute Gasteiger partial charge is 0.209 e. The third-order valence-corrected chi connectivity index (χ3v) is 3.56. The second kappa shape index (κ2) is 5.96. The van der Waals surface area contributed by atoms with Gasteiger partial charge in [0.15, 0.2) is 0 Å². The summed E-state index contributed by atoms with van der Waals surface area (Å²) in [5, 5.41) is 8.94. The summed E-state index contributed by atoms with van der Waals surface area (Å²) in [6.45, 7) is 4.71. The molecule has 0 bridgehead atoms. The lowest BCUT2D eigenvalue weighted by Crippen LogP contribution is -2.14. The number of benzene rings is 1. The predicted molar refractivity (Wildman–Crippen MR) is 81.4 cm³/mol. The topological polar surface area (TPSA) is 71.8 Å². The second-order valence-corrected chi connectivity index (χ2v) is 5.31. The molecule has 2 N–H and O–H groups in total. The van der Waals surface area contributed by atoms with E-state index in [0.717, 1.165) is 5.92 Å². The van der Waals surface area contributed by atoms with Crippen molar-refractivity contribution in [3.63, 3.8) is 0 Å². The summed E-state index contributed by atoms with van der Waals surface area (Å²) in [4.78, 5) is 11.9. The number of pyridine rings is 1. The number of halogens is 1. The molecule has 1 aliphatic rings. The van der Waals surface area contributed by atoms with Gasteiger partial charge in [-0.15, -0.1) is 0 Å². The predicted octanol–water partition coefficient (Wildman–Crippen LogP) is 3.03. The van der Waals surface area contributed by atoms with Crippen molar-refractivity contribution in [2.45, 2.75) is 33.2 Å². The van der Waals surface area contributed by atoms with Crippen LogP contribution in [0.15, 0.2) is 23.1 Å². The first-order valence-electron chi connectivity index (χ1n) is 7.00. The molecule has 0 unspecified atom stereocenters. The number of nitriles is 1. The standard InChI is InChI=1S/C12H10FN3O.C4H8/c1-2-16-6-7(5-14)12(17)10-9(16)4-3-8(13)11(10)15;1-4-2-3-4/h3-4,6H,2,15H2,1H3;4H,2-3H2,1H3. The Kier molecular flexibility index (Phi) is 4.27. The molecular formula is C16H18FN3O. The van der Waals surface area contributed by atoms with Gasteiger partial charge in [0.2, 0.25) is 5.43 Å². The van der Waals surface area contributed by atoms with Gasteiger partial charge in [-0.3, -0.25) is 4.79 Å². The number of fused-ring (bicyclic) bond motifs is 1. The molecule has 0 atom stereocenters. The number of aryl methyl sites for hydroxylation is 1. The average Bonchev–Trinajstić information content (AvgIpc) is 3.26. The lowest BCUT2D eigenvalue weighted by atomic mass is 10.1. The third-order valence-electron chi connectivity index (χ3n) is 3.56. The quantitative estimate of drug-likeness (QED) is 0.819. The minimum atomic E-state index is -0.646. The summed E-state index contributed by atoms with van der Waals surface area (Å²) in [5.41, 5.74) is 5.35. The minimum absolute atomic E-state index is 0.0309. The van der Waals surface area contributed by atoms with Crippen LogP contribution in [0.1, 0.15) is 32.3 Å². The molecule has 3 rings (SSSR count). The van der Waals surface area contributed by atoms with E-state index in [4.69, 9.17) is 11.0 Å². The molecule has 1 saturated carbocycles. The van der Waals surface area contributed by atoms with Gasteiger partial charge in [0, 0.05) is 12.7 Å². The van der Waals surface area contributed by atoms with Crippen LogP contribution in [0.25, 0.3) is 10.9 Å². The summed E-state index contributed by atoms with van der Waals surface area (Å²) in [7, 11) is 0. The fourth-order valence-corrected chi connectivity index (χ4v) is 1.99. The van der Waals surface area contributed by atoms with E-state index >= 15 is 0 Å². The fourth-order valence-electron chi connectivity index (χ4n) is 1.99. The van der Waals surface area contributed by atoms with E-state index in [9.17, 15) is 9.18 Å². The Morgan fingerprint density at radius 2 is 2.10 bits per heavy atom. The monoisotopic (exact) mass is 287 g/mol. The molecule has 4 nitrogen and oxygen atoms in total. The molecule has 1 aromatic heterocycles. The van der Waals surface area contributed by atoms with Crippen molar-refractivity contribution < 1.29 is 4.39 Å². The van der Waals surface area contributed by atoms with Crippen molar-refractivity contribution in [3.8, 4) is 6.07 Å². The fraction of sp³-hybridized carbons (Fsp3) is 0.375. The van der Waals surface area contributed by atoms with Gasteiger partial charge < -0.3 is 10.3 Å². The number of nitrogens with zero attached hydrogens (tertiary/aromatic N) is 2. The Bertz CT molecular complexity index is 770. The van der Waals surface area contributed by atoms with Crippen LogP contribution in [-0.4, -0.2) is 4.57 Å². The van der Waals surface area contributed by atoms with E-state index < -0.39 is 11.2 Å². The molecule has 5 heteroatoms. The Morgan fingerprint density at radius 1 is 1.48 bits per heavy atom. The van der Waals surface area contributed by atoms with Gasteiger partial charge >= 0.3 is 0 Å². The highest BCUT2D eigenvalue weighted by molar-refractivity contribution is 5.91. The van der Waals surface area contributed by atoms with E-state index in [0.29, 0.717) is 12.1 Å². The Morgan fingerprint density at radius 3 is 2.57 bits per heavy atom. The molecule has 1 aliphatic carbocycles. The summed E-state index contributed by atoms with van der Waals surface area (Å²) in [5.74, 6) is 0.437. The van der Waals surface area contributed by atoms with Crippen molar-refractivity contribution >= 4 is 16.6 Å². The van der Waals surface area contributed by atoms with Gasteiger partial charge in [-0.25, -0.2) is 4.39 Å². The van der Waals surface area contributed by atoms with Crippen LogP contribution in [0, 0.1) is 23.1 Å². The van der Waals surface area contributed by atoms with E-state index in [-0.39, 0.29) is 16.6 Å². The molecule has 2 aromatic rings. The molecule has 110 valence electrons. The molecule has 0 saturated heterocycles. The van der Waals surface area contributed by atoms with Crippen LogP contribution in [0.4, 0.5) is 10.1 Å². The number of nitrogens with two attached hydrogens (primary N) is 1. The van der Waals surface area contributed by atoms with Crippen molar-refractivity contribution in [1.82, 2.24) is 4.57 Å².